The number of aliphatic hydroxyl groups is 1. The second-order valence-electron chi connectivity index (χ2n) is 9.82. The zero-order valence-corrected chi connectivity index (χ0v) is 21.8. The van der Waals surface area contributed by atoms with E-state index in [1.165, 1.54) is 11.1 Å². The molecule has 0 spiro atoms. The number of fused-ring (bicyclic) bond motifs is 1. The van der Waals surface area contributed by atoms with Crippen LogP contribution < -0.4 is 20.7 Å². The van der Waals surface area contributed by atoms with Crippen LogP contribution in [0.1, 0.15) is 50.1 Å². The zero-order valence-electron chi connectivity index (χ0n) is 21.8. The van der Waals surface area contributed by atoms with E-state index in [0.29, 0.717) is 0 Å². The molecule has 0 aromatic heterocycles. The SMILES string of the molecule is CCCN(CCNc1ccccc1OC(C)C)Cc1cccc(C(O)N2CCc3cc(N)ccc32)c1. The van der Waals surface area contributed by atoms with Gasteiger partial charge in [0.15, 0.2) is 6.23 Å². The number of para-hydroxylation sites is 2. The Morgan fingerprint density at radius 3 is 2.69 bits per heavy atom. The molecule has 0 saturated carbocycles. The topological polar surface area (TPSA) is 74.0 Å². The summed E-state index contributed by atoms with van der Waals surface area (Å²) in [7, 11) is 0. The van der Waals surface area contributed by atoms with Crippen LogP contribution in [0.25, 0.3) is 0 Å². The highest BCUT2D eigenvalue weighted by Gasteiger charge is 2.26. The molecular formula is C30H40N4O2. The lowest BCUT2D eigenvalue weighted by Crippen LogP contribution is -2.30. The minimum absolute atomic E-state index is 0.138. The molecule has 1 aliphatic heterocycles. The molecule has 192 valence electrons. The van der Waals surface area contributed by atoms with Crippen molar-refractivity contribution in [3.63, 3.8) is 0 Å². The smallest absolute Gasteiger partial charge is 0.153 e. The number of nitrogen functional groups attached to an aromatic ring is 1. The Bertz CT molecular complexity index is 1130. The van der Waals surface area contributed by atoms with Crippen LogP contribution in [0.4, 0.5) is 17.1 Å². The van der Waals surface area contributed by atoms with E-state index in [2.05, 4.69) is 46.3 Å². The number of aliphatic hydroxyl groups excluding tert-OH is 1. The van der Waals surface area contributed by atoms with Crippen molar-refractivity contribution in [1.82, 2.24) is 4.90 Å². The highest BCUT2D eigenvalue weighted by molar-refractivity contribution is 5.63. The molecule has 6 nitrogen and oxygen atoms in total. The van der Waals surface area contributed by atoms with Crippen molar-refractivity contribution in [1.29, 1.82) is 0 Å². The summed E-state index contributed by atoms with van der Waals surface area (Å²) in [6, 6.07) is 22.4. The van der Waals surface area contributed by atoms with Gasteiger partial charge in [-0.2, -0.15) is 0 Å². The Balaban J connectivity index is 1.39. The summed E-state index contributed by atoms with van der Waals surface area (Å²) in [6.07, 6.45) is 1.45. The molecule has 0 radical (unpaired) electrons. The molecule has 4 rings (SSSR count). The third-order valence-corrected chi connectivity index (χ3v) is 6.52. The number of benzene rings is 3. The molecule has 3 aromatic rings. The summed E-state index contributed by atoms with van der Waals surface area (Å²) in [6.45, 7) is 10.7. The van der Waals surface area contributed by atoms with Crippen LogP contribution in [0.5, 0.6) is 5.75 Å². The highest BCUT2D eigenvalue weighted by Crippen LogP contribution is 2.35. The molecule has 6 heteroatoms. The predicted octanol–water partition coefficient (Wildman–Crippen LogP) is 5.43. The summed E-state index contributed by atoms with van der Waals surface area (Å²) in [5, 5.41) is 14.8. The molecule has 0 saturated heterocycles. The fraction of sp³-hybridized carbons (Fsp3) is 0.400. The maximum atomic E-state index is 11.2. The quantitative estimate of drug-likeness (QED) is 0.295. The van der Waals surface area contributed by atoms with Gasteiger partial charge in [-0.3, -0.25) is 4.90 Å². The third-order valence-electron chi connectivity index (χ3n) is 6.52. The van der Waals surface area contributed by atoms with Gasteiger partial charge in [-0.15, -0.1) is 0 Å². The van der Waals surface area contributed by atoms with Crippen molar-refractivity contribution in [2.75, 3.05) is 42.1 Å². The summed E-state index contributed by atoms with van der Waals surface area (Å²) in [5.41, 5.74) is 12.2. The first-order valence-electron chi connectivity index (χ1n) is 13.1. The van der Waals surface area contributed by atoms with Crippen LogP contribution in [0, 0.1) is 0 Å². The Kier molecular flexibility index (Phi) is 8.73. The van der Waals surface area contributed by atoms with Gasteiger partial charge < -0.3 is 25.8 Å². The molecular weight excluding hydrogens is 448 g/mol. The fourth-order valence-electron chi connectivity index (χ4n) is 4.90. The molecule has 3 aromatic carbocycles. The van der Waals surface area contributed by atoms with Crippen LogP contribution in [-0.4, -0.2) is 42.3 Å². The average Bonchev–Trinajstić information content (AvgIpc) is 3.27. The summed E-state index contributed by atoms with van der Waals surface area (Å²) in [4.78, 5) is 4.52. The van der Waals surface area contributed by atoms with E-state index in [-0.39, 0.29) is 6.10 Å². The van der Waals surface area contributed by atoms with Crippen molar-refractivity contribution < 1.29 is 9.84 Å². The first-order chi connectivity index (χ1) is 17.4. The van der Waals surface area contributed by atoms with Crippen LogP contribution in [0.2, 0.25) is 0 Å². The van der Waals surface area contributed by atoms with Crippen molar-refractivity contribution in [3.05, 3.63) is 83.4 Å². The van der Waals surface area contributed by atoms with Gasteiger partial charge in [-0.25, -0.2) is 0 Å². The van der Waals surface area contributed by atoms with Gasteiger partial charge in [0.05, 0.1) is 11.8 Å². The monoisotopic (exact) mass is 488 g/mol. The molecule has 1 aliphatic rings. The number of rotatable bonds is 12. The molecule has 1 atom stereocenters. The Morgan fingerprint density at radius 1 is 1.06 bits per heavy atom. The van der Waals surface area contributed by atoms with Gasteiger partial charge in [-0.05, 0) is 74.7 Å². The molecule has 0 aliphatic carbocycles. The average molecular weight is 489 g/mol. The first kappa shape index (κ1) is 25.9. The summed E-state index contributed by atoms with van der Waals surface area (Å²) in [5.74, 6) is 0.891. The van der Waals surface area contributed by atoms with Gasteiger partial charge in [-0.1, -0.05) is 43.3 Å². The summed E-state index contributed by atoms with van der Waals surface area (Å²) >= 11 is 0. The van der Waals surface area contributed by atoms with Gasteiger partial charge in [0.1, 0.15) is 5.75 Å². The number of ether oxygens (including phenoxy) is 1. The maximum Gasteiger partial charge on any atom is 0.153 e. The largest absolute Gasteiger partial charge is 0.489 e. The number of nitrogens with two attached hydrogens (primary N) is 1. The number of nitrogens with one attached hydrogen (secondary N) is 1. The van der Waals surface area contributed by atoms with Crippen molar-refractivity contribution in [3.8, 4) is 5.75 Å². The van der Waals surface area contributed by atoms with E-state index in [9.17, 15) is 5.11 Å². The van der Waals surface area contributed by atoms with Crippen LogP contribution in [0.3, 0.4) is 0 Å². The Morgan fingerprint density at radius 2 is 1.89 bits per heavy atom. The Labute approximate surface area is 215 Å². The normalized spacial score (nSPS) is 13.8. The summed E-state index contributed by atoms with van der Waals surface area (Å²) < 4.78 is 5.94. The van der Waals surface area contributed by atoms with Gasteiger partial charge in [0, 0.05) is 43.1 Å². The van der Waals surface area contributed by atoms with E-state index >= 15 is 0 Å². The number of hydrogen-bond donors (Lipinski definition) is 3. The highest BCUT2D eigenvalue weighted by atomic mass is 16.5. The van der Waals surface area contributed by atoms with E-state index in [1.807, 2.05) is 56.3 Å². The second kappa shape index (κ2) is 12.2. The van der Waals surface area contributed by atoms with Gasteiger partial charge in [0.25, 0.3) is 0 Å². The lowest BCUT2D eigenvalue weighted by Gasteiger charge is -2.27. The van der Waals surface area contributed by atoms with E-state index in [1.54, 1.807) is 0 Å². The van der Waals surface area contributed by atoms with Gasteiger partial charge in [0.2, 0.25) is 0 Å². The molecule has 0 amide bonds. The lowest BCUT2D eigenvalue weighted by molar-refractivity contribution is 0.174. The lowest BCUT2D eigenvalue weighted by atomic mass is 10.1. The van der Waals surface area contributed by atoms with E-state index in [0.717, 1.165) is 73.9 Å². The molecule has 1 heterocycles. The number of hydrogen-bond acceptors (Lipinski definition) is 6. The minimum Gasteiger partial charge on any atom is -0.489 e. The van der Waals surface area contributed by atoms with Crippen LogP contribution in [0.15, 0.2) is 66.7 Å². The first-order valence-corrected chi connectivity index (χ1v) is 13.1. The van der Waals surface area contributed by atoms with Crippen molar-refractivity contribution >= 4 is 17.1 Å². The maximum absolute atomic E-state index is 11.2. The number of nitrogens with zero attached hydrogens (tertiary/aromatic N) is 2. The van der Waals surface area contributed by atoms with E-state index < -0.39 is 6.23 Å². The van der Waals surface area contributed by atoms with Crippen molar-refractivity contribution in [2.45, 2.75) is 52.5 Å². The van der Waals surface area contributed by atoms with Crippen molar-refractivity contribution in [2.24, 2.45) is 0 Å². The van der Waals surface area contributed by atoms with Crippen LogP contribution >= 0.6 is 0 Å². The number of anilines is 3. The molecule has 1 unspecified atom stereocenters. The van der Waals surface area contributed by atoms with Gasteiger partial charge >= 0.3 is 0 Å². The molecule has 36 heavy (non-hydrogen) atoms. The standard InChI is InChI=1S/C30H40N4O2/c1-4-16-33(18-15-32-27-10-5-6-11-29(27)36-22(2)3)21-23-8-7-9-25(19-23)30(35)34-17-14-24-20-26(31)12-13-28(24)34/h5-13,19-20,22,30,32,35H,4,14-18,21,31H2,1-3H3. The third kappa shape index (κ3) is 6.50. The fourth-order valence-corrected chi connectivity index (χ4v) is 4.90. The van der Waals surface area contributed by atoms with Crippen LogP contribution in [-0.2, 0) is 13.0 Å². The predicted molar refractivity (Wildman–Crippen MR) is 150 cm³/mol. The molecule has 0 fully saturated rings. The zero-order chi connectivity index (χ0) is 25.5. The molecule has 4 N–H and O–H groups in total. The Hall–Kier alpha value is -3.22. The molecule has 0 bridgehead atoms. The minimum atomic E-state index is -0.673. The second-order valence-corrected chi connectivity index (χ2v) is 9.82. The van der Waals surface area contributed by atoms with E-state index in [4.69, 9.17) is 10.5 Å².